The summed E-state index contributed by atoms with van der Waals surface area (Å²) in [7, 11) is 0. The maximum Gasteiger partial charge on any atom is 0.261 e. The Labute approximate surface area is 202 Å². The lowest BCUT2D eigenvalue weighted by molar-refractivity contribution is -0.142. The van der Waals surface area contributed by atoms with Gasteiger partial charge in [0.15, 0.2) is 6.61 Å². The maximum atomic E-state index is 13.1. The monoisotopic (exact) mass is 554 g/mol. The average molecular weight is 555 g/mol. The van der Waals surface area contributed by atoms with Crippen LogP contribution in [-0.2, 0) is 16.1 Å². The molecule has 0 heterocycles. The van der Waals surface area contributed by atoms with Crippen LogP contribution in [0.2, 0.25) is 5.02 Å². The van der Waals surface area contributed by atoms with Gasteiger partial charge < -0.3 is 15.0 Å². The van der Waals surface area contributed by atoms with Crippen LogP contribution < -0.4 is 10.1 Å². The van der Waals surface area contributed by atoms with Crippen LogP contribution in [0.25, 0.3) is 0 Å². The summed E-state index contributed by atoms with van der Waals surface area (Å²) in [6.07, 6.45) is 5.46. The van der Waals surface area contributed by atoms with Crippen molar-refractivity contribution < 1.29 is 14.3 Å². The number of carbonyl (C=O) groups excluding carboxylic acids is 2. The highest BCUT2D eigenvalue weighted by Gasteiger charge is 2.28. The van der Waals surface area contributed by atoms with Crippen molar-refractivity contribution in [3.05, 3.63) is 62.7 Å². The molecule has 3 rings (SSSR count). The molecule has 2 aromatic carbocycles. The first-order chi connectivity index (χ1) is 14.9. The molecule has 0 aromatic heterocycles. The molecule has 0 aliphatic heterocycles. The molecule has 0 saturated heterocycles. The fraction of sp³-hybridized carbons (Fsp3) is 0.417. The van der Waals surface area contributed by atoms with Crippen molar-refractivity contribution in [2.45, 2.75) is 57.7 Å². The molecule has 0 spiro atoms. The molecule has 31 heavy (non-hydrogen) atoms. The van der Waals surface area contributed by atoms with Crippen LogP contribution in [0.3, 0.4) is 0 Å². The molecule has 1 atom stereocenters. The molecule has 7 heteroatoms. The van der Waals surface area contributed by atoms with Gasteiger partial charge in [-0.15, -0.1) is 0 Å². The summed E-state index contributed by atoms with van der Waals surface area (Å²) in [5, 5.41) is 3.70. The predicted octanol–water partition coefficient (Wildman–Crippen LogP) is 5.19. The van der Waals surface area contributed by atoms with Crippen LogP contribution in [0, 0.1) is 3.57 Å². The molecule has 1 saturated carbocycles. The molecule has 166 valence electrons. The fourth-order valence-corrected chi connectivity index (χ4v) is 4.28. The van der Waals surface area contributed by atoms with Crippen LogP contribution in [0.5, 0.6) is 5.75 Å². The van der Waals surface area contributed by atoms with E-state index < -0.39 is 6.04 Å². The van der Waals surface area contributed by atoms with Crippen LogP contribution in [0.15, 0.2) is 48.5 Å². The van der Waals surface area contributed by atoms with E-state index in [0.717, 1.165) is 34.8 Å². The number of amides is 2. The number of hydrogen-bond donors (Lipinski definition) is 1. The molecule has 0 radical (unpaired) electrons. The molecule has 2 aromatic rings. The average Bonchev–Trinajstić information content (AvgIpc) is 2.78. The van der Waals surface area contributed by atoms with Gasteiger partial charge in [0.2, 0.25) is 5.91 Å². The normalized spacial score (nSPS) is 15.2. The second kappa shape index (κ2) is 11.7. The van der Waals surface area contributed by atoms with E-state index >= 15 is 0 Å². The Hall–Kier alpha value is -1.80. The molecule has 2 amide bonds. The van der Waals surface area contributed by atoms with E-state index in [0.29, 0.717) is 10.8 Å². The SMILES string of the molecule is C[C@@H](C(=O)NC1CCCCC1)N(Cc1ccccc1Cl)C(=O)COc1ccc(I)cc1. The quantitative estimate of drug-likeness (QED) is 0.457. The third-order valence-corrected chi connectivity index (χ3v) is 6.68. The Morgan fingerprint density at radius 1 is 1.13 bits per heavy atom. The van der Waals surface area contributed by atoms with Gasteiger partial charge in [-0.05, 0) is 78.3 Å². The highest BCUT2D eigenvalue weighted by atomic mass is 127. The van der Waals surface area contributed by atoms with Gasteiger partial charge >= 0.3 is 0 Å². The highest BCUT2D eigenvalue weighted by molar-refractivity contribution is 14.1. The first-order valence-corrected chi connectivity index (χ1v) is 12.1. The minimum Gasteiger partial charge on any atom is -0.484 e. The van der Waals surface area contributed by atoms with E-state index in [1.807, 2.05) is 42.5 Å². The molecule has 0 unspecified atom stereocenters. The summed E-state index contributed by atoms with van der Waals surface area (Å²) in [6, 6.07) is 14.4. The molecule has 1 aliphatic carbocycles. The van der Waals surface area contributed by atoms with Crippen LogP contribution in [0.4, 0.5) is 0 Å². The van der Waals surface area contributed by atoms with Crippen LogP contribution in [-0.4, -0.2) is 35.4 Å². The largest absolute Gasteiger partial charge is 0.484 e. The van der Waals surface area contributed by atoms with Crippen molar-refractivity contribution in [3.8, 4) is 5.75 Å². The Bertz CT molecular complexity index is 885. The van der Waals surface area contributed by atoms with E-state index in [2.05, 4.69) is 27.9 Å². The van der Waals surface area contributed by atoms with Gasteiger partial charge in [0.25, 0.3) is 5.91 Å². The van der Waals surface area contributed by atoms with Crippen molar-refractivity contribution in [2.75, 3.05) is 6.61 Å². The molecule has 5 nitrogen and oxygen atoms in total. The molecular weight excluding hydrogens is 527 g/mol. The van der Waals surface area contributed by atoms with Gasteiger partial charge in [-0.1, -0.05) is 49.1 Å². The lowest BCUT2D eigenvalue weighted by Gasteiger charge is -2.31. The summed E-state index contributed by atoms with van der Waals surface area (Å²) < 4.78 is 6.78. The Morgan fingerprint density at radius 3 is 2.48 bits per heavy atom. The molecular formula is C24H28ClIN2O3. The zero-order valence-electron chi connectivity index (χ0n) is 17.7. The Balaban J connectivity index is 1.71. The number of nitrogens with zero attached hydrogens (tertiary/aromatic N) is 1. The molecule has 1 aliphatic rings. The zero-order valence-corrected chi connectivity index (χ0v) is 20.6. The minimum absolute atomic E-state index is 0.137. The number of halogens is 2. The van der Waals surface area contributed by atoms with E-state index in [9.17, 15) is 9.59 Å². The van der Waals surface area contributed by atoms with Crippen molar-refractivity contribution in [2.24, 2.45) is 0 Å². The Morgan fingerprint density at radius 2 is 1.81 bits per heavy atom. The van der Waals surface area contributed by atoms with Crippen molar-refractivity contribution in [1.82, 2.24) is 10.2 Å². The number of rotatable bonds is 8. The summed E-state index contributed by atoms with van der Waals surface area (Å²) in [4.78, 5) is 27.6. The number of nitrogens with one attached hydrogen (secondary N) is 1. The number of hydrogen-bond acceptors (Lipinski definition) is 3. The number of benzene rings is 2. The lowest BCUT2D eigenvalue weighted by Crippen LogP contribution is -2.51. The second-order valence-electron chi connectivity index (χ2n) is 7.88. The van der Waals surface area contributed by atoms with E-state index in [4.69, 9.17) is 16.3 Å². The lowest BCUT2D eigenvalue weighted by atomic mass is 9.95. The summed E-state index contributed by atoms with van der Waals surface area (Å²) in [6.45, 7) is 1.86. The molecule has 1 fully saturated rings. The van der Waals surface area contributed by atoms with Crippen molar-refractivity contribution in [1.29, 1.82) is 0 Å². The third-order valence-electron chi connectivity index (χ3n) is 5.59. The summed E-state index contributed by atoms with van der Waals surface area (Å²) >= 11 is 8.55. The highest BCUT2D eigenvalue weighted by Crippen LogP contribution is 2.21. The molecule has 1 N–H and O–H groups in total. The molecule has 0 bridgehead atoms. The first-order valence-electron chi connectivity index (χ1n) is 10.7. The second-order valence-corrected chi connectivity index (χ2v) is 9.53. The third kappa shape index (κ3) is 7.10. The topological polar surface area (TPSA) is 58.6 Å². The van der Waals surface area contributed by atoms with E-state index in [-0.39, 0.29) is 31.0 Å². The zero-order chi connectivity index (χ0) is 22.2. The van der Waals surface area contributed by atoms with Crippen LogP contribution >= 0.6 is 34.2 Å². The van der Waals surface area contributed by atoms with Gasteiger partial charge in [-0.25, -0.2) is 0 Å². The van der Waals surface area contributed by atoms with Crippen LogP contribution in [0.1, 0.15) is 44.6 Å². The maximum absolute atomic E-state index is 13.1. The number of carbonyl (C=O) groups is 2. The first kappa shape index (κ1) is 23.9. The summed E-state index contributed by atoms with van der Waals surface area (Å²) in [5.74, 6) is 0.220. The van der Waals surface area contributed by atoms with Gasteiger partial charge in [-0.3, -0.25) is 9.59 Å². The van der Waals surface area contributed by atoms with E-state index in [1.165, 1.54) is 6.42 Å². The number of ether oxygens (including phenoxy) is 1. The Kier molecular flexibility index (Phi) is 9.02. The van der Waals surface area contributed by atoms with Gasteiger partial charge in [0, 0.05) is 21.2 Å². The van der Waals surface area contributed by atoms with Crippen molar-refractivity contribution >= 4 is 46.0 Å². The fourth-order valence-electron chi connectivity index (χ4n) is 3.72. The summed E-state index contributed by atoms with van der Waals surface area (Å²) in [5.41, 5.74) is 0.795. The van der Waals surface area contributed by atoms with Gasteiger partial charge in [0.1, 0.15) is 11.8 Å². The van der Waals surface area contributed by atoms with Gasteiger partial charge in [-0.2, -0.15) is 0 Å². The minimum atomic E-state index is -0.633. The van der Waals surface area contributed by atoms with Crippen molar-refractivity contribution in [3.63, 3.8) is 0 Å². The van der Waals surface area contributed by atoms with Gasteiger partial charge in [0.05, 0.1) is 0 Å². The smallest absolute Gasteiger partial charge is 0.261 e. The standard InChI is InChI=1S/C24H28ClIN2O3/c1-17(24(30)27-20-8-3-2-4-9-20)28(15-18-7-5-6-10-22(18)25)23(29)16-31-21-13-11-19(26)12-14-21/h5-7,10-14,17,20H,2-4,8-9,15-16H2,1H3,(H,27,30)/t17-/m0/s1. The predicted molar refractivity (Wildman–Crippen MR) is 131 cm³/mol. The van der Waals surface area contributed by atoms with E-state index in [1.54, 1.807) is 17.9 Å².